The number of primary sulfonamides is 1. The van der Waals surface area contributed by atoms with Crippen molar-refractivity contribution in [3.8, 4) is 34.1 Å². The number of nitrogens with one attached hydrogen (secondary N) is 1. The van der Waals surface area contributed by atoms with Gasteiger partial charge in [-0.05, 0) is 74.4 Å². The van der Waals surface area contributed by atoms with Crippen LogP contribution in [-0.4, -0.2) is 30.2 Å². The van der Waals surface area contributed by atoms with Gasteiger partial charge in [-0.1, -0.05) is 36.4 Å². The SMILES string of the molecule is Cc1cccc(-c2[nH]c(C3CCC(C(c4ccccc4)S(N)(=O)=O)CC3)nc2-c2ccc3c(c2)OCO3)n1. The second-order valence-electron chi connectivity index (χ2n) is 10.1. The molecule has 0 amide bonds. The van der Waals surface area contributed by atoms with Gasteiger partial charge in [0.05, 0.1) is 17.1 Å². The van der Waals surface area contributed by atoms with Crippen molar-refractivity contribution in [2.75, 3.05) is 6.79 Å². The zero-order valence-electron chi connectivity index (χ0n) is 21.1. The lowest BCUT2D eigenvalue weighted by Crippen LogP contribution is -2.30. The van der Waals surface area contributed by atoms with E-state index in [-0.39, 0.29) is 18.6 Å². The minimum absolute atomic E-state index is 0.0372. The summed E-state index contributed by atoms with van der Waals surface area (Å²) >= 11 is 0. The summed E-state index contributed by atoms with van der Waals surface area (Å²) in [6, 6.07) is 21.1. The number of ether oxygens (including phenoxy) is 2. The second kappa shape index (κ2) is 9.89. The number of aromatic nitrogens is 3. The van der Waals surface area contributed by atoms with Crippen molar-refractivity contribution in [3.63, 3.8) is 0 Å². The predicted molar refractivity (Wildman–Crippen MR) is 145 cm³/mol. The van der Waals surface area contributed by atoms with Crippen molar-refractivity contribution in [1.29, 1.82) is 0 Å². The van der Waals surface area contributed by atoms with E-state index in [0.717, 1.165) is 71.2 Å². The van der Waals surface area contributed by atoms with Gasteiger partial charge in [0, 0.05) is 17.2 Å². The van der Waals surface area contributed by atoms with Gasteiger partial charge in [-0.2, -0.15) is 0 Å². The van der Waals surface area contributed by atoms with E-state index >= 15 is 0 Å². The van der Waals surface area contributed by atoms with Crippen LogP contribution in [0.3, 0.4) is 0 Å². The molecule has 1 aliphatic carbocycles. The lowest BCUT2D eigenvalue weighted by atomic mass is 9.78. The van der Waals surface area contributed by atoms with Gasteiger partial charge in [-0.25, -0.2) is 18.5 Å². The Morgan fingerprint density at radius 1 is 0.921 bits per heavy atom. The summed E-state index contributed by atoms with van der Waals surface area (Å²) in [5, 5.41) is 5.02. The maximum absolute atomic E-state index is 12.6. The molecule has 9 heteroatoms. The van der Waals surface area contributed by atoms with Gasteiger partial charge >= 0.3 is 0 Å². The van der Waals surface area contributed by atoms with E-state index in [0.29, 0.717) is 5.75 Å². The number of imidazole rings is 1. The molecule has 2 aromatic carbocycles. The Labute approximate surface area is 222 Å². The number of nitrogens with zero attached hydrogens (tertiary/aromatic N) is 2. The van der Waals surface area contributed by atoms with Gasteiger partial charge in [-0.15, -0.1) is 0 Å². The number of rotatable bonds is 6. The first kappa shape index (κ1) is 24.6. The monoisotopic (exact) mass is 530 g/mol. The van der Waals surface area contributed by atoms with Gasteiger partial charge in [0.15, 0.2) is 11.5 Å². The van der Waals surface area contributed by atoms with E-state index in [1.165, 1.54) is 0 Å². The van der Waals surface area contributed by atoms with Crippen molar-refractivity contribution in [3.05, 3.63) is 83.8 Å². The summed E-state index contributed by atoms with van der Waals surface area (Å²) in [6.07, 6.45) is 3.13. The molecule has 0 radical (unpaired) electrons. The highest BCUT2D eigenvalue weighted by Gasteiger charge is 2.36. The standard InChI is InChI=1S/C29H30N4O4S/c1-18-6-5-9-23(31-18)27-26(22-14-15-24-25(16-22)37-17-36-24)32-29(33-27)21-12-10-20(11-13-21)28(38(30,34)35)19-7-3-2-4-8-19/h2-9,14-16,20-21,28H,10-13,17H2,1H3,(H,32,33)(H2,30,34,35). The molecule has 4 aromatic rings. The van der Waals surface area contributed by atoms with E-state index in [9.17, 15) is 8.42 Å². The molecule has 2 aliphatic rings. The largest absolute Gasteiger partial charge is 0.454 e. The topological polar surface area (TPSA) is 120 Å². The van der Waals surface area contributed by atoms with Crippen molar-refractivity contribution >= 4 is 10.0 Å². The van der Waals surface area contributed by atoms with Crippen LogP contribution in [0.1, 0.15) is 53.9 Å². The summed E-state index contributed by atoms with van der Waals surface area (Å²) < 4.78 is 36.3. The number of pyridine rings is 1. The Morgan fingerprint density at radius 2 is 1.68 bits per heavy atom. The number of fused-ring (bicyclic) bond motifs is 1. The maximum Gasteiger partial charge on any atom is 0.231 e. The molecule has 2 aromatic heterocycles. The average molecular weight is 531 g/mol. The first-order valence-electron chi connectivity index (χ1n) is 12.9. The Hall–Kier alpha value is -3.69. The Balaban J connectivity index is 1.31. The maximum atomic E-state index is 12.6. The molecule has 8 nitrogen and oxygen atoms in total. The fourth-order valence-corrected chi connectivity index (χ4v) is 7.12. The second-order valence-corrected chi connectivity index (χ2v) is 11.8. The summed E-state index contributed by atoms with van der Waals surface area (Å²) in [7, 11) is -3.74. The summed E-state index contributed by atoms with van der Waals surface area (Å²) in [4.78, 5) is 13.4. The third kappa shape index (κ3) is 4.79. The predicted octanol–water partition coefficient (Wildman–Crippen LogP) is 5.48. The minimum atomic E-state index is -3.74. The smallest absolute Gasteiger partial charge is 0.231 e. The normalized spacial score (nSPS) is 19.8. The minimum Gasteiger partial charge on any atom is -0.454 e. The quantitative estimate of drug-likeness (QED) is 0.341. The molecular formula is C29H30N4O4S. The highest BCUT2D eigenvalue weighted by Crippen LogP contribution is 2.44. The Morgan fingerprint density at radius 3 is 2.42 bits per heavy atom. The highest BCUT2D eigenvalue weighted by molar-refractivity contribution is 7.89. The van der Waals surface area contributed by atoms with Gasteiger partial charge in [0.2, 0.25) is 16.8 Å². The number of nitrogens with two attached hydrogens (primary N) is 1. The van der Waals surface area contributed by atoms with E-state index in [1.54, 1.807) is 0 Å². The van der Waals surface area contributed by atoms with Crippen LogP contribution in [-0.2, 0) is 10.0 Å². The molecule has 38 heavy (non-hydrogen) atoms. The number of benzene rings is 2. The number of hydrogen-bond acceptors (Lipinski definition) is 6. The fraction of sp³-hybridized carbons (Fsp3) is 0.310. The molecule has 0 saturated heterocycles. The van der Waals surface area contributed by atoms with Crippen molar-refractivity contribution in [2.24, 2.45) is 11.1 Å². The molecule has 6 rings (SSSR count). The summed E-state index contributed by atoms with van der Waals surface area (Å²) in [5.41, 5.74) is 5.09. The van der Waals surface area contributed by atoms with Crippen LogP contribution in [0.5, 0.6) is 11.5 Å². The molecule has 0 spiro atoms. The van der Waals surface area contributed by atoms with Gasteiger partial charge < -0.3 is 14.5 Å². The molecule has 3 N–H and O–H groups in total. The van der Waals surface area contributed by atoms with Crippen LogP contribution in [0.15, 0.2) is 66.7 Å². The fourth-order valence-electron chi connectivity index (χ4n) is 5.77. The zero-order valence-corrected chi connectivity index (χ0v) is 21.9. The third-order valence-corrected chi connectivity index (χ3v) is 8.95. The van der Waals surface area contributed by atoms with E-state index in [1.807, 2.05) is 73.7 Å². The van der Waals surface area contributed by atoms with Crippen molar-refractivity contribution in [1.82, 2.24) is 15.0 Å². The van der Waals surface area contributed by atoms with Gasteiger partial charge in [0.25, 0.3) is 0 Å². The average Bonchev–Trinajstić information content (AvgIpc) is 3.56. The number of H-pyrrole nitrogens is 1. The van der Waals surface area contributed by atoms with Gasteiger partial charge in [0.1, 0.15) is 11.1 Å². The van der Waals surface area contributed by atoms with Crippen molar-refractivity contribution < 1.29 is 17.9 Å². The van der Waals surface area contributed by atoms with Crippen LogP contribution in [0.2, 0.25) is 0 Å². The summed E-state index contributed by atoms with van der Waals surface area (Å²) in [5.74, 6) is 2.45. The first-order valence-corrected chi connectivity index (χ1v) is 14.5. The van der Waals surface area contributed by atoms with Crippen LogP contribution in [0, 0.1) is 12.8 Å². The van der Waals surface area contributed by atoms with Crippen LogP contribution in [0.25, 0.3) is 22.6 Å². The third-order valence-electron chi connectivity index (χ3n) is 7.58. The molecule has 1 aliphatic heterocycles. The van der Waals surface area contributed by atoms with Gasteiger partial charge in [-0.3, -0.25) is 4.98 Å². The van der Waals surface area contributed by atoms with E-state index < -0.39 is 15.3 Å². The molecule has 3 heterocycles. The molecule has 1 fully saturated rings. The number of aryl methyl sites for hydroxylation is 1. The Bertz CT molecular complexity index is 1560. The number of hydrogen-bond donors (Lipinski definition) is 2. The summed E-state index contributed by atoms with van der Waals surface area (Å²) in [6.45, 7) is 2.18. The van der Waals surface area contributed by atoms with Crippen molar-refractivity contribution in [2.45, 2.75) is 43.8 Å². The highest BCUT2D eigenvalue weighted by atomic mass is 32.2. The Kier molecular flexibility index (Phi) is 6.41. The van der Waals surface area contributed by atoms with Crippen LogP contribution < -0.4 is 14.6 Å². The molecular weight excluding hydrogens is 500 g/mol. The lowest BCUT2D eigenvalue weighted by molar-refractivity contribution is 0.174. The molecule has 1 saturated carbocycles. The number of aromatic amines is 1. The number of sulfonamides is 1. The van der Waals surface area contributed by atoms with E-state index in [4.69, 9.17) is 24.6 Å². The molecule has 196 valence electrons. The molecule has 0 bridgehead atoms. The molecule has 1 unspecified atom stereocenters. The lowest BCUT2D eigenvalue weighted by Gasteiger charge is -2.32. The zero-order chi connectivity index (χ0) is 26.3. The first-order chi connectivity index (χ1) is 18.4. The molecule has 1 atom stereocenters. The van der Waals surface area contributed by atoms with E-state index in [2.05, 4.69) is 4.98 Å². The van der Waals surface area contributed by atoms with Crippen LogP contribution >= 0.6 is 0 Å². The van der Waals surface area contributed by atoms with Crippen LogP contribution in [0.4, 0.5) is 0 Å².